The Labute approximate surface area is 196 Å². The molecule has 0 saturated carbocycles. The summed E-state index contributed by atoms with van der Waals surface area (Å²) in [5.41, 5.74) is 2.68. The zero-order valence-corrected chi connectivity index (χ0v) is 19.0. The molecule has 0 spiro atoms. The topological polar surface area (TPSA) is 89.7 Å². The molecule has 0 aliphatic carbocycles. The number of hydrogen-bond donors (Lipinski definition) is 1. The fourth-order valence-corrected chi connectivity index (χ4v) is 4.42. The number of nitrogens with zero attached hydrogens (tertiary/aromatic N) is 3. The van der Waals surface area contributed by atoms with Crippen LogP contribution in [0.4, 0.5) is 9.18 Å². The largest absolute Gasteiger partial charge is 0.497 e. The Bertz CT molecular complexity index is 1230. The van der Waals surface area contributed by atoms with E-state index in [2.05, 4.69) is 15.5 Å². The Balaban J connectivity index is 1.58. The Morgan fingerprint density at radius 3 is 2.85 bits per heavy atom. The van der Waals surface area contributed by atoms with Crippen LogP contribution in [-0.2, 0) is 4.74 Å². The molecule has 0 bridgehead atoms. The van der Waals surface area contributed by atoms with Crippen LogP contribution < -0.4 is 10.1 Å². The number of carbonyl (C=O) groups excluding carboxylic acids is 1. The molecule has 1 N–H and O–H groups in total. The number of amides is 2. The molecule has 1 saturated heterocycles. The lowest BCUT2D eigenvalue weighted by molar-refractivity contribution is 0.0877. The maximum absolute atomic E-state index is 13.7. The number of benzene rings is 2. The van der Waals surface area contributed by atoms with Gasteiger partial charge in [0, 0.05) is 17.9 Å². The summed E-state index contributed by atoms with van der Waals surface area (Å²) in [6, 6.07) is 12.7. The van der Waals surface area contributed by atoms with Crippen molar-refractivity contribution < 1.29 is 23.2 Å². The third-order valence-corrected chi connectivity index (χ3v) is 6.17. The number of ether oxygens (including phenoxy) is 2. The van der Waals surface area contributed by atoms with Crippen molar-refractivity contribution in [3.8, 4) is 17.1 Å². The van der Waals surface area contributed by atoms with E-state index in [0.717, 1.165) is 18.4 Å². The molecule has 0 radical (unpaired) electrons. The Kier molecular flexibility index (Phi) is 6.02. The van der Waals surface area contributed by atoms with Crippen LogP contribution in [0.15, 0.2) is 58.8 Å². The highest BCUT2D eigenvalue weighted by Gasteiger charge is 2.37. The van der Waals surface area contributed by atoms with Crippen LogP contribution in [0, 0.1) is 5.82 Å². The van der Waals surface area contributed by atoms with Crippen LogP contribution in [0.5, 0.6) is 5.75 Å². The van der Waals surface area contributed by atoms with E-state index in [-0.39, 0.29) is 29.7 Å². The molecule has 34 heavy (non-hydrogen) atoms. The second-order valence-electron chi connectivity index (χ2n) is 8.34. The molecular weight excluding hydrogens is 439 g/mol. The Hall–Kier alpha value is -3.72. The predicted octanol–water partition coefficient (Wildman–Crippen LogP) is 4.56. The van der Waals surface area contributed by atoms with Crippen molar-refractivity contribution in [3.05, 3.63) is 71.5 Å². The van der Waals surface area contributed by atoms with E-state index in [9.17, 15) is 9.18 Å². The summed E-state index contributed by atoms with van der Waals surface area (Å²) < 4.78 is 30.5. The summed E-state index contributed by atoms with van der Waals surface area (Å²) in [7, 11) is 1.59. The third kappa shape index (κ3) is 4.26. The molecule has 3 aromatic rings. The van der Waals surface area contributed by atoms with E-state index in [0.29, 0.717) is 35.7 Å². The standard InChI is InChI=1S/C25H25FN4O4/c1-15-21(24-28-23(29-34-24)17-7-3-8-18(26)12-17)22(16-6-4-9-19(13-16)32-2)27-25(31)30(15)14-20-10-5-11-33-20/h3-4,6-9,12-13,20,22H,5,10-11,14H2,1-2H3,(H,27,31). The smallest absolute Gasteiger partial charge is 0.322 e. The molecule has 2 unspecified atom stereocenters. The summed E-state index contributed by atoms with van der Waals surface area (Å²) in [5.74, 6) is 0.793. The van der Waals surface area contributed by atoms with Crippen LogP contribution in [0.2, 0.25) is 0 Å². The van der Waals surface area contributed by atoms with Crippen molar-refractivity contribution in [2.24, 2.45) is 0 Å². The summed E-state index contributed by atoms with van der Waals surface area (Å²) >= 11 is 0. The Morgan fingerprint density at radius 1 is 1.24 bits per heavy atom. The van der Waals surface area contributed by atoms with Crippen molar-refractivity contribution in [2.45, 2.75) is 31.9 Å². The number of carbonyl (C=O) groups is 1. The van der Waals surface area contributed by atoms with Gasteiger partial charge in [-0.05, 0) is 49.6 Å². The predicted molar refractivity (Wildman–Crippen MR) is 122 cm³/mol. The number of rotatable bonds is 6. The molecule has 9 heteroatoms. The molecule has 8 nitrogen and oxygen atoms in total. The first-order valence-electron chi connectivity index (χ1n) is 11.2. The highest BCUT2D eigenvalue weighted by molar-refractivity contribution is 5.87. The van der Waals surface area contributed by atoms with Crippen LogP contribution in [0.25, 0.3) is 17.0 Å². The molecule has 1 aromatic heterocycles. The number of nitrogens with one attached hydrogen (secondary N) is 1. The highest BCUT2D eigenvalue weighted by Crippen LogP contribution is 2.38. The van der Waals surface area contributed by atoms with Crippen LogP contribution in [-0.4, -0.2) is 47.4 Å². The van der Waals surface area contributed by atoms with E-state index >= 15 is 0 Å². The van der Waals surface area contributed by atoms with Gasteiger partial charge in [0.15, 0.2) is 0 Å². The van der Waals surface area contributed by atoms with Crippen molar-refractivity contribution >= 4 is 11.6 Å². The van der Waals surface area contributed by atoms with Gasteiger partial charge in [0.25, 0.3) is 5.89 Å². The highest BCUT2D eigenvalue weighted by atomic mass is 19.1. The van der Waals surface area contributed by atoms with Gasteiger partial charge in [0.1, 0.15) is 11.6 Å². The SMILES string of the molecule is COc1cccc(C2NC(=O)N(CC3CCCO3)C(C)=C2c2nc(-c3cccc(F)c3)no2)c1. The van der Waals surface area contributed by atoms with Crippen LogP contribution in [0.1, 0.15) is 37.3 Å². The summed E-state index contributed by atoms with van der Waals surface area (Å²) in [4.78, 5) is 19.4. The first-order valence-corrected chi connectivity index (χ1v) is 11.2. The lowest BCUT2D eigenvalue weighted by Crippen LogP contribution is -2.48. The maximum Gasteiger partial charge on any atom is 0.322 e. The van der Waals surface area contributed by atoms with Crippen molar-refractivity contribution in [2.75, 3.05) is 20.3 Å². The maximum atomic E-state index is 13.7. The average Bonchev–Trinajstić information content (AvgIpc) is 3.54. The van der Waals surface area contributed by atoms with Crippen LogP contribution >= 0.6 is 0 Å². The lowest BCUT2D eigenvalue weighted by atomic mass is 9.94. The minimum atomic E-state index is -0.538. The third-order valence-electron chi connectivity index (χ3n) is 6.17. The molecule has 2 amide bonds. The van der Waals surface area contributed by atoms with E-state index < -0.39 is 6.04 Å². The van der Waals surface area contributed by atoms with Crippen LogP contribution in [0.3, 0.4) is 0 Å². The second-order valence-corrected chi connectivity index (χ2v) is 8.34. The molecule has 3 heterocycles. The fraction of sp³-hybridized carbons (Fsp3) is 0.320. The number of aromatic nitrogens is 2. The fourth-order valence-electron chi connectivity index (χ4n) is 4.42. The molecule has 5 rings (SSSR count). The first kappa shape index (κ1) is 22.1. The molecule has 2 aliphatic heterocycles. The zero-order valence-electron chi connectivity index (χ0n) is 19.0. The van der Waals surface area contributed by atoms with Gasteiger partial charge in [-0.2, -0.15) is 4.98 Å². The van der Waals surface area contributed by atoms with Gasteiger partial charge in [-0.3, -0.25) is 4.90 Å². The number of halogens is 1. The molecular formula is C25H25FN4O4. The molecule has 1 fully saturated rings. The lowest BCUT2D eigenvalue weighted by Gasteiger charge is -2.36. The minimum Gasteiger partial charge on any atom is -0.497 e. The van der Waals surface area contributed by atoms with Crippen molar-refractivity contribution in [3.63, 3.8) is 0 Å². The van der Waals surface area contributed by atoms with E-state index in [1.807, 2.05) is 31.2 Å². The molecule has 2 aromatic carbocycles. The van der Waals surface area contributed by atoms with Gasteiger partial charge in [0.2, 0.25) is 5.82 Å². The Morgan fingerprint density at radius 2 is 2.09 bits per heavy atom. The molecule has 176 valence electrons. The first-order chi connectivity index (χ1) is 16.5. The minimum absolute atomic E-state index is 0.0270. The van der Waals surface area contributed by atoms with E-state index in [1.54, 1.807) is 24.1 Å². The summed E-state index contributed by atoms with van der Waals surface area (Å²) in [6.45, 7) is 2.99. The van der Waals surface area contributed by atoms with Gasteiger partial charge in [0.05, 0.1) is 31.4 Å². The van der Waals surface area contributed by atoms with Gasteiger partial charge in [-0.25, -0.2) is 9.18 Å². The monoisotopic (exact) mass is 464 g/mol. The van der Waals surface area contributed by atoms with E-state index in [1.165, 1.54) is 12.1 Å². The van der Waals surface area contributed by atoms with Crippen molar-refractivity contribution in [1.82, 2.24) is 20.4 Å². The molecule has 2 atom stereocenters. The number of allylic oxidation sites excluding steroid dienone is 1. The van der Waals surface area contributed by atoms with Gasteiger partial charge in [-0.15, -0.1) is 0 Å². The number of hydrogen-bond acceptors (Lipinski definition) is 6. The number of urea groups is 1. The summed E-state index contributed by atoms with van der Waals surface area (Å²) in [5, 5.41) is 7.15. The zero-order chi connectivity index (χ0) is 23.7. The van der Waals surface area contributed by atoms with Gasteiger partial charge < -0.3 is 19.3 Å². The van der Waals surface area contributed by atoms with Crippen molar-refractivity contribution in [1.29, 1.82) is 0 Å². The molecule has 2 aliphatic rings. The summed E-state index contributed by atoms with van der Waals surface area (Å²) in [6.07, 6.45) is 1.85. The van der Waals surface area contributed by atoms with Gasteiger partial charge >= 0.3 is 6.03 Å². The number of methoxy groups -OCH3 is 1. The second kappa shape index (κ2) is 9.26. The van der Waals surface area contributed by atoms with E-state index in [4.69, 9.17) is 14.0 Å². The van der Waals surface area contributed by atoms with Gasteiger partial charge in [-0.1, -0.05) is 29.4 Å². The quantitative estimate of drug-likeness (QED) is 0.575. The normalized spacial score (nSPS) is 20.6. The average molecular weight is 464 g/mol.